The molecule has 0 amide bonds. The Labute approximate surface area is 89.6 Å². The van der Waals surface area contributed by atoms with Crippen LogP contribution >= 0.6 is 0 Å². The van der Waals surface area contributed by atoms with E-state index in [4.69, 9.17) is 5.73 Å². The molecule has 0 spiro atoms. The third-order valence-corrected chi connectivity index (χ3v) is 2.47. The Hall–Kier alpha value is -1.20. The van der Waals surface area contributed by atoms with Gasteiger partial charge in [0, 0.05) is 32.4 Å². The molecular formula is C10H17N5. The summed E-state index contributed by atoms with van der Waals surface area (Å²) in [6, 6.07) is 0. The largest absolute Gasteiger partial charge is 0.329 e. The molecule has 0 radical (unpaired) electrons. The number of rotatable bonds is 4. The Bertz CT molecular complexity index is 330. The topological polar surface area (TPSA) is 60.0 Å². The Morgan fingerprint density at radius 1 is 1.40 bits per heavy atom. The predicted octanol–water partition coefficient (Wildman–Crippen LogP) is -0.00130. The van der Waals surface area contributed by atoms with Gasteiger partial charge in [0.15, 0.2) is 0 Å². The van der Waals surface area contributed by atoms with Gasteiger partial charge >= 0.3 is 0 Å². The van der Waals surface area contributed by atoms with Crippen molar-refractivity contribution in [2.45, 2.75) is 19.5 Å². The zero-order valence-electron chi connectivity index (χ0n) is 8.84. The first-order valence-electron chi connectivity index (χ1n) is 5.35. The quantitative estimate of drug-likeness (QED) is 0.706. The molecule has 0 saturated heterocycles. The SMILES string of the molecule is NCCn1cc(CN2CC=CCC2)nn1. The van der Waals surface area contributed by atoms with Crippen LogP contribution in [0.4, 0.5) is 0 Å². The minimum absolute atomic E-state index is 0.606. The maximum atomic E-state index is 5.45. The molecule has 2 rings (SSSR count). The van der Waals surface area contributed by atoms with E-state index in [9.17, 15) is 0 Å². The normalized spacial score (nSPS) is 17.1. The molecule has 1 aromatic heterocycles. The highest BCUT2D eigenvalue weighted by Crippen LogP contribution is 2.05. The second-order valence-corrected chi connectivity index (χ2v) is 3.76. The summed E-state index contributed by atoms with van der Waals surface area (Å²) >= 11 is 0. The van der Waals surface area contributed by atoms with E-state index >= 15 is 0 Å². The monoisotopic (exact) mass is 207 g/mol. The Morgan fingerprint density at radius 2 is 2.33 bits per heavy atom. The highest BCUT2D eigenvalue weighted by Gasteiger charge is 2.09. The van der Waals surface area contributed by atoms with Gasteiger partial charge in [-0.15, -0.1) is 5.10 Å². The number of hydrogen-bond acceptors (Lipinski definition) is 4. The molecule has 82 valence electrons. The third kappa shape index (κ3) is 2.87. The highest BCUT2D eigenvalue weighted by atomic mass is 15.4. The van der Waals surface area contributed by atoms with Crippen molar-refractivity contribution >= 4 is 0 Å². The molecule has 0 bridgehead atoms. The average molecular weight is 207 g/mol. The van der Waals surface area contributed by atoms with Gasteiger partial charge in [-0.25, -0.2) is 0 Å². The van der Waals surface area contributed by atoms with Crippen LogP contribution in [-0.4, -0.2) is 39.5 Å². The van der Waals surface area contributed by atoms with E-state index in [2.05, 4.69) is 27.4 Å². The van der Waals surface area contributed by atoms with Gasteiger partial charge in [0.25, 0.3) is 0 Å². The number of nitrogens with two attached hydrogens (primary N) is 1. The fourth-order valence-electron chi connectivity index (χ4n) is 1.72. The lowest BCUT2D eigenvalue weighted by Crippen LogP contribution is -2.26. The van der Waals surface area contributed by atoms with E-state index in [0.29, 0.717) is 6.54 Å². The molecule has 0 saturated carbocycles. The first-order valence-corrected chi connectivity index (χ1v) is 5.35. The molecule has 1 aliphatic rings. The minimum Gasteiger partial charge on any atom is -0.329 e. The Morgan fingerprint density at radius 3 is 3.07 bits per heavy atom. The molecule has 0 aliphatic carbocycles. The number of nitrogens with zero attached hydrogens (tertiary/aromatic N) is 4. The molecule has 1 aliphatic heterocycles. The molecule has 0 atom stereocenters. The van der Waals surface area contributed by atoms with Crippen LogP contribution in [0.15, 0.2) is 18.3 Å². The summed E-state index contributed by atoms with van der Waals surface area (Å²) in [7, 11) is 0. The van der Waals surface area contributed by atoms with Gasteiger partial charge in [-0.1, -0.05) is 17.4 Å². The molecule has 5 nitrogen and oxygen atoms in total. The van der Waals surface area contributed by atoms with Crippen molar-refractivity contribution < 1.29 is 0 Å². The molecule has 0 aromatic carbocycles. The van der Waals surface area contributed by atoms with Crippen molar-refractivity contribution in [3.05, 3.63) is 24.0 Å². The van der Waals surface area contributed by atoms with Crippen LogP contribution in [0, 0.1) is 0 Å². The van der Waals surface area contributed by atoms with Crippen molar-refractivity contribution in [1.82, 2.24) is 19.9 Å². The van der Waals surface area contributed by atoms with Crippen LogP contribution in [-0.2, 0) is 13.1 Å². The molecule has 2 N–H and O–H groups in total. The molecule has 0 fully saturated rings. The molecule has 0 unspecified atom stereocenters. The average Bonchev–Trinajstić information content (AvgIpc) is 2.68. The summed E-state index contributed by atoms with van der Waals surface area (Å²) in [5.74, 6) is 0. The number of hydrogen-bond donors (Lipinski definition) is 1. The van der Waals surface area contributed by atoms with Crippen molar-refractivity contribution in [3.8, 4) is 0 Å². The van der Waals surface area contributed by atoms with Crippen molar-refractivity contribution in [1.29, 1.82) is 0 Å². The summed E-state index contributed by atoms with van der Waals surface area (Å²) < 4.78 is 1.80. The van der Waals surface area contributed by atoms with Crippen LogP contribution in [0.5, 0.6) is 0 Å². The van der Waals surface area contributed by atoms with Gasteiger partial charge in [0.2, 0.25) is 0 Å². The smallest absolute Gasteiger partial charge is 0.0967 e. The van der Waals surface area contributed by atoms with Gasteiger partial charge < -0.3 is 5.73 Å². The van der Waals surface area contributed by atoms with Gasteiger partial charge in [-0.05, 0) is 6.42 Å². The molecule has 2 heterocycles. The summed E-state index contributed by atoms with van der Waals surface area (Å²) in [6.45, 7) is 4.36. The standard InChI is InChI=1S/C10H17N5/c11-4-7-15-9-10(12-13-15)8-14-5-2-1-3-6-14/h1-2,9H,3-8,11H2. The van der Waals surface area contributed by atoms with Crippen LogP contribution in [0.1, 0.15) is 12.1 Å². The first-order chi connectivity index (χ1) is 7.38. The zero-order chi connectivity index (χ0) is 10.5. The summed E-state index contributed by atoms with van der Waals surface area (Å²) in [4.78, 5) is 2.36. The van der Waals surface area contributed by atoms with Gasteiger partial charge in [0.05, 0.1) is 12.2 Å². The van der Waals surface area contributed by atoms with Crippen molar-refractivity contribution in [2.24, 2.45) is 5.73 Å². The number of aromatic nitrogens is 3. The van der Waals surface area contributed by atoms with E-state index in [-0.39, 0.29) is 0 Å². The predicted molar refractivity (Wildman–Crippen MR) is 58.1 cm³/mol. The van der Waals surface area contributed by atoms with E-state index in [1.165, 1.54) is 0 Å². The van der Waals surface area contributed by atoms with E-state index in [1.807, 2.05) is 6.20 Å². The minimum atomic E-state index is 0.606. The summed E-state index contributed by atoms with van der Waals surface area (Å²) in [5.41, 5.74) is 6.47. The Kier molecular flexibility index (Phi) is 3.47. The lowest BCUT2D eigenvalue weighted by atomic mass is 10.2. The Balaban J connectivity index is 1.89. The van der Waals surface area contributed by atoms with Gasteiger partial charge in [-0.3, -0.25) is 9.58 Å². The third-order valence-electron chi connectivity index (χ3n) is 2.47. The fourth-order valence-corrected chi connectivity index (χ4v) is 1.72. The maximum Gasteiger partial charge on any atom is 0.0967 e. The fraction of sp³-hybridized carbons (Fsp3) is 0.600. The molecule has 1 aromatic rings. The van der Waals surface area contributed by atoms with Crippen LogP contribution in [0.2, 0.25) is 0 Å². The lowest BCUT2D eigenvalue weighted by Gasteiger charge is -2.21. The van der Waals surface area contributed by atoms with Gasteiger partial charge in [-0.2, -0.15) is 0 Å². The van der Waals surface area contributed by atoms with Crippen LogP contribution in [0.3, 0.4) is 0 Å². The summed E-state index contributed by atoms with van der Waals surface area (Å²) in [5, 5.41) is 8.13. The highest BCUT2D eigenvalue weighted by molar-refractivity contribution is 4.96. The second-order valence-electron chi connectivity index (χ2n) is 3.76. The summed E-state index contributed by atoms with van der Waals surface area (Å²) in [6.07, 6.45) is 7.54. The first kappa shape index (κ1) is 10.3. The molecule has 5 heteroatoms. The van der Waals surface area contributed by atoms with E-state index in [0.717, 1.165) is 38.3 Å². The second kappa shape index (κ2) is 5.04. The van der Waals surface area contributed by atoms with E-state index < -0.39 is 0 Å². The molecular weight excluding hydrogens is 190 g/mol. The van der Waals surface area contributed by atoms with E-state index in [1.54, 1.807) is 4.68 Å². The van der Waals surface area contributed by atoms with Crippen LogP contribution < -0.4 is 5.73 Å². The van der Waals surface area contributed by atoms with Crippen LogP contribution in [0.25, 0.3) is 0 Å². The molecule has 15 heavy (non-hydrogen) atoms. The van der Waals surface area contributed by atoms with Gasteiger partial charge in [0.1, 0.15) is 0 Å². The lowest BCUT2D eigenvalue weighted by molar-refractivity contribution is 0.287. The van der Waals surface area contributed by atoms with Crippen molar-refractivity contribution in [3.63, 3.8) is 0 Å². The zero-order valence-corrected chi connectivity index (χ0v) is 8.84. The van der Waals surface area contributed by atoms with Crippen molar-refractivity contribution in [2.75, 3.05) is 19.6 Å². The maximum absolute atomic E-state index is 5.45.